The highest BCUT2D eigenvalue weighted by Gasteiger charge is 2.19. The van der Waals surface area contributed by atoms with Gasteiger partial charge < -0.3 is 15.0 Å². The van der Waals surface area contributed by atoms with Crippen molar-refractivity contribution < 1.29 is 9.53 Å². The standard InChI is InChI=1S/C11H19N3O2S/c1-4-16-11(15)9-10(12)14(8(2)13-9)6-5-7-17-3/h4-7,12H2,1-3H3. The fraction of sp³-hybridized carbons (Fsp3) is 0.636. The summed E-state index contributed by atoms with van der Waals surface area (Å²) in [5, 5.41) is 0. The molecule has 1 aromatic heterocycles. The van der Waals surface area contributed by atoms with Crippen LogP contribution in [0, 0.1) is 6.92 Å². The van der Waals surface area contributed by atoms with Gasteiger partial charge in [0, 0.05) is 6.54 Å². The third-order valence-electron chi connectivity index (χ3n) is 2.40. The van der Waals surface area contributed by atoms with Crippen molar-refractivity contribution in [1.82, 2.24) is 9.55 Å². The Balaban J connectivity index is 2.82. The van der Waals surface area contributed by atoms with Gasteiger partial charge in [-0.25, -0.2) is 9.78 Å². The monoisotopic (exact) mass is 257 g/mol. The summed E-state index contributed by atoms with van der Waals surface area (Å²) in [6, 6.07) is 0. The van der Waals surface area contributed by atoms with Gasteiger partial charge >= 0.3 is 5.97 Å². The van der Waals surface area contributed by atoms with Crippen molar-refractivity contribution in [3.8, 4) is 0 Å². The summed E-state index contributed by atoms with van der Waals surface area (Å²) in [7, 11) is 0. The minimum atomic E-state index is -0.447. The van der Waals surface area contributed by atoms with Crippen LogP contribution in [0.2, 0.25) is 0 Å². The number of nitrogens with zero attached hydrogens (tertiary/aromatic N) is 2. The van der Waals surface area contributed by atoms with E-state index >= 15 is 0 Å². The number of imidazole rings is 1. The molecule has 0 amide bonds. The Labute approximate surface area is 106 Å². The molecule has 5 nitrogen and oxygen atoms in total. The van der Waals surface area contributed by atoms with E-state index in [-0.39, 0.29) is 5.69 Å². The van der Waals surface area contributed by atoms with Crippen molar-refractivity contribution in [2.45, 2.75) is 26.8 Å². The fourth-order valence-electron chi connectivity index (χ4n) is 1.58. The number of thioether (sulfide) groups is 1. The van der Waals surface area contributed by atoms with Crippen molar-refractivity contribution in [2.24, 2.45) is 0 Å². The summed E-state index contributed by atoms with van der Waals surface area (Å²) in [5.74, 6) is 1.77. The van der Waals surface area contributed by atoms with E-state index in [1.54, 1.807) is 18.7 Å². The number of aryl methyl sites for hydroxylation is 1. The molecule has 2 N–H and O–H groups in total. The third-order valence-corrected chi connectivity index (χ3v) is 3.09. The van der Waals surface area contributed by atoms with Gasteiger partial charge in [0.25, 0.3) is 0 Å². The lowest BCUT2D eigenvalue weighted by Gasteiger charge is -2.06. The number of carbonyl (C=O) groups excluding carboxylic acids is 1. The maximum atomic E-state index is 11.6. The Kier molecular flexibility index (Phi) is 5.34. The molecule has 0 saturated carbocycles. The van der Waals surface area contributed by atoms with E-state index in [0.29, 0.717) is 12.4 Å². The number of aromatic nitrogens is 2. The zero-order valence-electron chi connectivity index (χ0n) is 10.5. The summed E-state index contributed by atoms with van der Waals surface area (Å²) < 4.78 is 6.77. The van der Waals surface area contributed by atoms with Crippen molar-refractivity contribution in [3.05, 3.63) is 11.5 Å². The summed E-state index contributed by atoms with van der Waals surface area (Å²) in [6.45, 7) is 4.72. The van der Waals surface area contributed by atoms with Gasteiger partial charge in [0.2, 0.25) is 0 Å². The molecule has 1 aromatic rings. The molecule has 0 atom stereocenters. The maximum absolute atomic E-state index is 11.6. The lowest BCUT2D eigenvalue weighted by Crippen LogP contribution is -2.10. The fourth-order valence-corrected chi connectivity index (χ4v) is 2.00. The average Bonchev–Trinajstić information content (AvgIpc) is 2.57. The van der Waals surface area contributed by atoms with Crippen LogP contribution in [-0.4, -0.2) is 34.1 Å². The number of nitrogen functional groups attached to an aromatic ring is 1. The number of hydrogen-bond acceptors (Lipinski definition) is 5. The molecule has 0 aliphatic rings. The van der Waals surface area contributed by atoms with Gasteiger partial charge in [0.1, 0.15) is 11.6 Å². The van der Waals surface area contributed by atoms with Crippen LogP contribution < -0.4 is 5.73 Å². The van der Waals surface area contributed by atoms with E-state index in [0.717, 1.165) is 24.5 Å². The average molecular weight is 257 g/mol. The highest BCUT2D eigenvalue weighted by molar-refractivity contribution is 7.98. The van der Waals surface area contributed by atoms with E-state index < -0.39 is 5.97 Å². The summed E-state index contributed by atoms with van der Waals surface area (Å²) in [5.41, 5.74) is 6.14. The summed E-state index contributed by atoms with van der Waals surface area (Å²) in [6.07, 6.45) is 3.07. The first-order valence-electron chi connectivity index (χ1n) is 5.60. The highest BCUT2D eigenvalue weighted by Crippen LogP contribution is 2.16. The molecule has 17 heavy (non-hydrogen) atoms. The molecule has 0 radical (unpaired) electrons. The number of esters is 1. The minimum absolute atomic E-state index is 0.230. The van der Waals surface area contributed by atoms with E-state index in [1.165, 1.54) is 0 Å². The van der Waals surface area contributed by atoms with Gasteiger partial charge in [-0.3, -0.25) is 0 Å². The second-order valence-corrected chi connectivity index (χ2v) is 4.60. The van der Waals surface area contributed by atoms with E-state index in [4.69, 9.17) is 10.5 Å². The Morgan fingerprint density at radius 3 is 2.88 bits per heavy atom. The molecule has 0 aromatic carbocycles. The van der Waals surface area contributed by atoms with Crippen LogP contribution in [0.4, 0.5) is 5.82 Å². The van der Waals surface area contributed by atoms with Crippen molar-refractivity contribution in [3.63, 3.8) is 0 Å². The third kappa shape index (κ3) is 3.39. The molecule has 6 heteroatoms. The number of hydrogen-bond donors (Lipinski definition) is 1. The molecule has 96 valence electrons. The number of anilines is 1. The predicted molar refractivity (Wildman–Crippen MR) is 70.3 cm³/mol. The molecule has 0 bridgehead atoms. The number of carbonyl (C=O) groups is 1. The molecule has 0 aliphatic heterocycles. The van der Waals surface area contributed by atoms with Crippen LogP contribution in [0.15, 0.2) is 0 Å². The Morgan fingerprint density at radius 2 is 2.29 bits per heavy atom. The Morgan fingerprint density at radius 1 is 1.59 bits per heavy atom. The second kappa shape index (κ2) is 6.54. The molecule has 1 rings (SSSR count). The minimum Gasteiger partial charge on any atom is -0.461 e. The summed E-state index contributed by atoms with van der Waals surface area (Å²) >= 11 is 1.79. The predicted octanol–water partition coefficient (Wildman–Crippen LogP) is 1.70. The van der Waals surface area contributed by atoms with Gasteiger partial charge in [-0.15, -0.1) is 0 Å². The van der Waals surface area contributed by atoms with E-state index in [9.17, 15) is 4.79 Å². The normalized spacial score (nSPS) is 10.5. The van der Waals surface area contributed by atoms with Crippen LogP contribution in [0.5, 0.6) is 0 Å². The second-order valence-electron chi connectivity index (χ2n) is 3.61. The number of nitrogens with two attached hydrogens (primary N) is 1. The van der Waals surface area contributed by atoms with Crippen LogP contribution in [0.25, 0.3) is 0 Å². The number of ether oxygens (including phenoxy) is 1. The van der Waals surface area contributed by atoms with E-state index in [2.05, 4.69) is 11.2 Å². The SMILES string of the molecule is CCOC(=O)c1nc(C)n(CCCSC)c1N. The molecule has 0 fully saturated rings. The first-order valence-corrected chi connectivity index (χ1v) is 6.99. The quantitative estimate of drug-likeness (QED) is 0.620. The topological polar surface area (TPSA) is 70.1 Å². The molecule has 1 heterocycles. The number of rotatable bonds is 6. The van der Waals surface area contributed by atoms with Crippen LogP contribution in [0.1, 0.15) is 29.7 Å². The van der Waals surface area contributed by atoms with Crippen LogP contribution in [0.3, 0.4) is 0 Å². The van der Waals surface area contributed by atoms with E-state index in [1.807, 2.05) is 11.5 Å². The Hall–Kier alpha value is -1.17. The lowest BCUT2D eigenvalue weighted by atomic mass is 10.4. The van der Waals surface area contributed by atoms with Crippen molar-refractivity contribution in [1.29, 1.82) is 0 Å². The van der Waals surface area contributed by atoms with Crippen molar-refractivity contribution in [2.75, 3.05) is 24.3 Å². The first-order chi connectivity index (χ1) is 8.11. The van der Waals surface area contributed by atoms with Crippen LogP contribution in [-0.2, 0) is 11.3 Å². The van der Waals surface area contributed by atoms with Crippen molar-refractivity contribution >= 4 is 23.5 Å². The van der Waals surface area contributed by atoms with Gasteiger partial charge in [-0.05, 0) is 32.3 Å². The van der Waals surface area contributed by atoms with Crippen LogP contribution >= 0.6 is 11.8 Å². The molecular formula is C11H19N3O2S. The van der Waals surface area contributed by atoms with Gasteiger partial charge in [-0.2, -0.15) is 11.8 Å². The molecule has 0 spiro atoms. The van der Waals surface area contributed by atoms with Gasteiger partial charge in [0.05, 0.1) is 6.61 Å². The zero-order valence-corrected chi connectivity index (χ0v) is 11.3. The highest BCUT2D eigenvalue weighted by atomic mass is 32.2. The molecule has 0 aliphatic carbocycles. The summed E-state index contributed by atoms with van der Waals surface area (Å²) in [4.78, 5) is 15.7. The van der Waals surface area contributed by atoms with Gasteiger partial charge in [0.15, 0.2) is 5.69 Å². The molecular weight excluding hydrogens is 238 g/mol. The van der Waals surface area contributed by atoms with Gasteiger partial charge in [-0.1, -0.05) is 0 Å². The largest absolute Gasteiger partial charge is 0.461 e. The smallest absolute Gasteiger partial charge is 0.360 e. The zero-order chi connectivity index (χ0) is 12.8. The Bertz CT molecular complexity index is 390. The first kappa shape index (κ1) is 13.9. The molecule has 0 saturated heterocycles. The molecule has 0 unspecified atom stereocenters. The lowest BCUT2D eigenvalue weighted by molar-refractivity contribution is 0.0521. The maximum Gasteiger partial charge on any atom is 0.360 e.